The van der Waals surface area contributed by atoms with Crippen molar-refractivity contribution in [3.63, 3.8) is 0 Å². The molecule has 0 aromatic heterocycles. The summed E-state index contributed by atoms with van der Waals surface area (Å²) in [6.45, 7) is -0.937. The number of likely N-dealkylation sites (N-methyl/N-ethyl adjacent to an activating group) is 1. The van der Waals surface area contributed by atoms with Crippen molar-refractivity contribution in [2.75, 3.05) is 31.3 Å². The summed E-state index contributed by atoms with van der Waals surface area (Å²) in [7, 11) is -1.50. The number of hydrogen-bond donors (Lipinski definition) is 1. The highest BCUT2D eigenvalue weighted by atomic mass is 32.2. The van der Waals surface area contributed by atoms with Crippen molar-refractivity contribution in [2.45, 2.75) is 19.0 Å². The standard InChI is InChI=1S/C27H29FN4O7S/c1-29-27(34)24(15-19-7-5-4-6-8-19)30(17-20-9-11-21(28)12-10-20)26(33)18-31(40(3,37)38)23-16-22(32(35)36)13-14-25(23)39-2/h4-14,16,24H,15,17-18H2,1-3H3,(H,29,34)/t24-/m0/s1. The van der Waals surface area contributed by atoms with Gasteiger partial charge in [0.25, 0.3) is 5.69 Å². The summed E-state index contributed by atoms with van der Waals surface area (Å²) in [6, 6.07) is 16.6. The van der Waals surface area contributed by atoms with E-state index in [1.807, 2.05) is 0 Å². The van der Waals surface area contributed by atoms with Crippen molar-refractivity contribution in [1.82, 2.24) is 10.2 Å². The maximum Gasteiger partial charge on any atom is 0.271 e. The molecule has 0 unspecified atom stereocenters. The van der Waals surface area contributed by atoms with E-state index in [0.29, 0.717) is 9.87 Å². The average Bonchev–Trinajstić information content (AvgIpc) is 2.93. The first-order valence-corrected chi connectivity index (χ1v) is 13.9. The molecule has 11 nitrogen and oxygen atoms in total. The first-order chi connectivity index (χ1) is 18.9. The van der Waals surface area contributed by atoms with Crippen LogP contribution in [-0.4, -0.2) is 63.1 Å². The normalized spacial score (nSPS) is 11.8. The number of amides is 2. The summed E-state index contributed by atoms with van der Waals surface area (Å²) in [5.41, 5.74) is 0.616. The topological polar surface area (TPSA) is 139 Å². The highest BCUT2D eigenvalue weighted by Crippen LogP contribution is 2.34. The van der Waals surface area contributed by atoms with Crippen molar-refractivity contribution in [3.8, 4) is 5.75 Å². The Morgan fingerprint density at radius 1 is 1.05 bits per heavy atom. The number of nitro groups is 1. The van der Waals surface area contributed by atoms with E-state index in [-0.39, 0.29) is 24.4 Å². The molecule has 0 bridgehead atoms. The summed E-state index contributed by atoms with van der Waals surface area (Å²) in [4.78, 5) is 38.9. The van der Waals surface area contributed by atoms with Gasteiger partial charge in [-0.05, 0) is 29.3 Å². The quantitative estimate of drug-likeness (QED) is 0.260. The van der Waals surface area contributed by atoms with Crippen LogP contribution in [0.2, 0.25) is 0 Å². The van der Waals surface area contributed by atoms with E-state index in [1.165, 1.54) is 49.4 Å². The summed E-state index contributed by atoms with van der Waals surface area (Å²) in [5.74, 6) is -1.78. The molecule has 212 valence electrons. The number of carbonyl (C=O) groups excluding carboxylic acids is 2. The predicted octanol–water partition coefficient (Wildman–Crippen LogP) is 2.89. The molecule has 0 saturated carbocycles. The number of methoxy groups -OCH3 is 1. The minimum atomic E-state index is -4.18. The molecule has 0 aliphatic heterocycles. The van der Waals surface area contributed by atoms with Gasteiger partial charge in [-0.15, -0.1) is 0 Å². The van der Waals surface area contributed by atoms with Crippen LogP contribution < -0.4 is 14.4 Å². The minimum Gasteiger partial charge on any atom is -0.495 e. The number of sulfonamides is 1. The van der Waals surface area contributed by atoms with Crippen LogP contribution in [-0.2, 0) is 32.6 Å². The second kappa shape index (κ2) is 13.0. The highest BCUT2D eigenvalue weighted by molar-refractivity contribution is 7.92. The molecule has 1 N–H and O–H groups in total. The Labute approximate surface area is 231 Å². The molecule has 0 saturated heterocycles. The van der Waals surface area contributed by atoms with Gasteiger partial charge in [-0.3, -0.25) is 24.0 Å². The lowest BCUT2D eigenvalue weighted by Crippen LogP contribution is -2.52. The third-order valence-corrected chi connectivity index (χ3v) is 7.23. The zero-order chi connectivity index (χ0) is 29.4. The molecule has 40 heavy (non-hydrogen) atoms. The molecule has 0 fully saturated rings. The van der Waals surface area contributed by atoms with Gasteiger partial charge in [0.2, 0.25) is 21.8 Å². The fourth-order valence-electron chi connectivity index (χ4n) is 4.09. The number of nitrogens with zero attached hydrogens (tertiary/aromatic N) is 3. The molecule has 0 aliphatic rings. The zero-order valence-electron chi connectivity index (χ0n) is 22.1. The van der Waals surface area contributed by atoms with Crippen LogP contribution >= 0.6 is 0 Å². The summed E-state index contributed by atoms with van der Waals surface area (Å²) in [6.07, 6.45) is 0.954. The largest absolute Gasteiger partial charge is 0.495 e. The first kappa shape index (κ1) is 30.0. The minimum absolute atomic E-state index is 0.0129. The average molecular weight is 573 g/mol. The van der Waals surface area contributed by atoms with E-state index < -0.39 is 50.9 Å². The zero-order valence-corrected chi connectivity index (χ0v) is 22.9. The number of hydrogen-bond acceptors (Lipinski definition) is 7. The first-order valence-electron chi connectivity index (χ1n) is 12.0. The molecule has 3 aromatic rings. The number of carbonyl (C=O) groups is 2. The van der Waals surface area contributed by atoms with Crippen LogP contribution in [0.15, 0.2) is 72.8 Å². The number of anilines is 1. The van der Waals surface area contributed by atoms with Crippen molar-refractivity contribution in [2.24, 2.45) is 0 Å². The van der Waals surface area contributed by atoms with Gasteiger partial charge >= 0.3 is 0 Å². The maximum absolute atomic E-state index is 13.9. The molecule has 1 atom stereocenters. The Morgan fingerprint density at radius 3 is 2.25 bits per heavy atom. The molecule has 0 aliphatic carbocycles. The fraction of sp³-hybridized carbons (Fsp3) is 0.259. The van der Waals surface area contributed by atoms with Gasteiger partial charge in [0.05, 0.1) is 18.3 Å². The van der Waals surface area contributed by atoms with Gasteiger partial charge < -0.3 is 15.0 Å². The third-order valence-electron chi connectivity index (χ3n) is 6.10. The van der Waals surface area contributed by atoms with E-state index in [0.717, 1.165) is 24.0 Å². The van der Waals surface area contributed by atoms with Gasteiger partial charge in [0.1, 0.15) is 29.8 Å². The molecule has 13 heteroatoms. The molecule has 0 spiro atoms. The Kier molecular flexibility index (Phi) is 9.78. The van der Waals surface area contributed by atoms with Crippen molar-refractivity contribution < 1.29 is 32.1 Å². The number of nitro benzene ring substituents is 1. The van der Waals surface area contributed by atoms with E-state index >= 15 is 0 Å². The number of nitrogens with one attached hydrogen (secondary N) is 1. The molecule has 0 radical (unpaired) electrons. The number of ether oxygens (including phenoxy) is 1. The lowest BCUT2D eigenvalue weighted by molar-refractivity contribution is -0.384. The molecule has 0 heterocycles. The van der Waals surface area contributed by atoms with Crippen molar-refractivity contribution in [3.05, 3.63) is 99.9 Å². The van der Waals surface area contributed by atoms with E-state index in [9.17, 15) is 32.5 Å². The fourth-order valence-corrected chi connectivity index (χ4v) is 4.93. The van der Waals surface area contributed by atoms with Crippen molar-refractivity contribution >= 4 is 33.2 Å². The van der Waals surface area contributed by atoms with Gasteiger partial charge in [-0.2, -0.15) is 0 Å². The smallest absolute Gasteiger partial charge is 0.271 e. The summed E-state index contributed by atoms with van der Waals surface area (Å²) < 4.78 is 45.3. The van der Waals surface area contributed by atoms with Gasteiger partial charge in [0, 0.05) is 32.1 Å². The van der Waals surface area contributed by atoms with Gasteiger partial charge in [0.15, 0.2) is 0 Å². The lowest BCUT2D eigenvalue weighted by Gasteiger charge is -2.33. The number of halogens is 1. The molecule has 3 aromatic carbocycles. The highest BCUT2D eigenvalue weighted by Gasteiger charge is 2.34. The van der Waals surface area contributed by atoms with Gasteiger partial charge in [-0.25, -0.2) is 12.8 Å². The van der Waals surface area contributed by atoms with Crippen LogP contribution in [0.5, 0.6) is 5.75 Å². The second-order valence-corrected chi connectivity index (χ2v) is 10.8. The summed E-state index contributed by atoms with van der Waals surface area (Å²) >= 11 is 0. The van der Waals surface area contributed by atoms with E-state index in [2.05, 4.69) is 5.32 Å². The predicted molar refractivity (Wildman–Crippen MR) is 147 cm³/mol. The van der Waals surface area contributed by atoms with Crippen LogP contribution in [0.25, 0.3) is 0 Å². The monoisotopic (exact) mass is 572 g/mol. The van der Waals surface area contributed by atoms with E-state index in [1.54, 1.807) is 30.3 Å². The van der Waals surface area contributed by atoms with Gasteiger partial charge in [-0.1, -0.05) is 42.5 Å². The number of benzene rings is 3. The van der Waals surface area contributed by atoms with Crippen LogP contribution in [0, 0.1) is 15.9 Å². The molecule has 2 amide bonds. The molecular formula is C27H29FN4O7S. The SMILES string of the molecule is CNC(=O)[C@H](Cc1ccccc1)N(Cc1ccc(F)cc1)C(=O)CN(c1cc([N+](=O)[O-])ccc1OC)S(C)(=O)=O. The number of non-ortho nitro benzene ring substituents is 1. The van der Waals surface area contributed by atoms with Crippen LogP contribution in [0.3, 0.4) is 0 Å². The number of rotatable bonds is 12. The Morgan fingerprint density at radius 2 is 1.70 bits per heavy atom. The summed E-state index contributed by atoms with van der Waals surface area (Å²) in [5, 5.41) is 14.0. The Bertz CT molecular complexity index is 1470. The third kappa shape index (κ3) is 7.53. The lowest BCUT2D eigenvalue weighted by atomic mass is 10.0. The Hall–Kier alpha value is -4.52. The van der Waals surface area contributed by atoms with Crippen LogP contribution in [0.1, 0.15) is 11.1 Å². The second-order valence-electron chi connectivity index (χ2n) is 8.85. The molecule has 3 rings (SSSR count). The molecular weight excluding hydrogens is 543 g/mol. The van der Waals surface area contributed by atoms with Crippen molar-refractivity contribution in [1.29, 1.82) is 0 Å². The maximum atomic E-state index is 13.9. The van der Waals surface area contributed by atoms with E-state index in [4.69, 9.17) is 4.74 Å². The van der Waals surface area contributed by atoms with Crippen LogP contribution in [0.4, 0.5) is 15.8 Å². The Balaban J connectivity index is 2.09.